The van der Waals surface area contributed by atoms with Crippen molar-refractivity contribution in [3.8, 4) is 28.5 Å². The van der Waals surface area contributed by atoms with E-state index in [1.165, 1.54) is 16.3 Å². The molecule has 0 saturated carbocycles. The zero-order valence-corrected chi connectivity index (χ0v) is 18.1. The van der Waals surface area contributed by atoms with Crippen LogP contribution in [0.5, 0.6) is 0 Å². The first kappa shape index (κ1) is 19.3. The van der Waals surface area contributed by atoms with E-state index in [9.17, 15) is 0 Å². The molecule has 0 aliphatic heterocycles. The van der Waals surface area contributed by atoms with E-state index in [1.54, 1.807) is 0 Å². The summed E-state index contributed by atoms with van der Waals surface area (Å²) in [5.74, 6) is 1.69. The van der Waals surface area contributed by atoms with Crippen LogP contribution in [0.1, 0.15) is 26.3 Å². The summed E-state index contributed by atoms with van der Waals surface area (Å²) in [6.07, 6.45) is 0. The van der Waals surface area contributed by atoms with Crippen LogP contribution < -0.4 is 0 Å². The Morgan fingerprint density at radius 1 is 0.613 bits per heavy atom. The molecule has 0 N–H and O–H groups in total. The number of para-hydroxylation sites is 1. The monoisotopic (exact) mass is 403 g/mol. The Morgan fingerprint density at radius 3 is 2.00 bits per heavy atom. The molecule has 3 nitrogen and oxygen atoms in total. The zero-order valence-electron chi connectivity index (χ0n) is 18.1. The molecule has 0 amide bonds. The van der Waals surface area contributed by atoms with Crippen molar-refractivity contribution in [2.45, 2.75) is 26.2 Å². The largest absolute Gasteiger partial charge is 0.275 e. The Labute approximate surface area is 183 Å². The highest BCUT2D eigenvalue weighted by Gasteiger charge is 2.19. The van der Waals surface area contributed by atoms with Crippen LogP contribution in [0.15, 0.2) is 97.1 Å². The summed E-state index contributed by atoms with van der Waals surface area (Å²) >= 11 is 0. The van der Waals surface area contributed by atoms with E-state index in [-0.39, 0.29) is 5.41 Å². The van der Waals surface area contributed by atoms with E-state index in [0.717, 1.165) is 28.5 Å². The summed E-state index contributed by atoms with van der Waals surface area (Å²) in [6.45, 7) is 6.69. The van der Waals surface area contributed by atoms with Crippen molar-refractivity contribution in [1.82, 2.24) is 14.8 Å². The zero-order chi connectivity index (χ0) is 21.4. The second kappa shape index (κ2) is 7.51. The molecule has 1 aromatic heterocycles. The van der Waals surface area contributed by atoms with Gasteiger partial charge in [-0.15, -0.1) is 10.2 Å². The van der Waals surface area contributed by atoms with Crippen LogP contribution in [0.3, 0.4) is 0 Å². The van der Waals surface area contributed by atoms with Crippen molar-refractivity contribution in [2.75, 3.05) is 0 Å². The molecular weight excluding hydrogens is 378 g/mol. The van der Waals surface area contributed by atoms with Crippen LogP contribution in [0.2, 0.25) is 0 Å². The summed E-state index contributed by atoms with van der Waals surface area (Å²) < 4.78 is 2.16. The highest BCUT2D eigenvalue weighted by molar-refractivity contribution is 5.95. The quantitative estimate of drug-likeness (QED) is 0.323. The van der Waals surface area contributed by atoms with Gasteiger partial charge in [-0.2, -0.15) is 0 Å². The van der Waals surface area contributed by atoms with Crippen LogP contribution in [0.25, 0.3) is 39.2 Å². The van der Waals surface area contributed by atoms with Gasteiger partial charge >= 0.3 is 0 Å². The van der Waals surface area contributed by atoms with Gasteiger partial charge in [0.25, 0.3) is 0 Å². The molecule has 0 aliphatic rings. The molecule has 5 rings (SSSR count). The Balaban J connectivity index is 1.74. The molecule has 0 atom stereocenters. The van der Waals surface area contributed by atoms with E-state index >= 15 is 0 Å². The topological polar surface area (TPSA) is 30.7 Å². The fourth-order valence-corrected chi connectivity index (χ4v) is 4.01. The molecule has 1 heterocycles. The molecule has 0 bridgehead atoms. The van der Waals surface area contributed by atoms with Gasteiger partial charge in [0.15, 0.2) is 11.6 Å². The van der Waals surface area contributed by atoms with Crippen LogP contribution >= 0.6 is 0 Å². The summed E-state index contributed by atoms with van der Waals surface area (Å²) in [5.41, 5.74) is 4.59. The highest BCUT2D eigenvalue weighted by Crippen LogP contribution is 2.33. The third kappa shape index (κ3) is 3.53. The molecule has 0 saturated heterocycles. The van der Waals surface area contributed by atoms with E-state index in [1.807, 2.05) is 6.07 Å². The van der Waals surface area contributed by atoms with Gasteiger partial charge < -0.3 is 0 Å². The Hall–Kier alpha value is -3.72. The van der Waals surface area contributed by atoms with Gasteiger partial charge in [0.05, 0.1) is 0 Å². The van der Waals surface area contributed by atoms with Crippen molar-refractivity contribution >= 4 is 10.8 Å². The Morgan fingerprint density at radius 2 is 1.26 bits per heavy atom. The number of aromatic nitrogens is 3. The van der Waals surface area contributed by atoms with Crippen molar-refractivity contribution < 1.29 is 0 Å². The second-order valence-electron chi connectivity index (χ2n) is 8.87. The van der Waals surface area contributed by atoms with Crippen molar-refractivity contribution in [3.63, 3.8) is 0 Å². The lowest BCUT2D eigenvalue weighted by Gasteiger charge is -2.19. The van der Waals surface area contributed by atoms with Crippen LogP contribution in [0.4, 0.5) is 0 Å². The number of rotatable bonds is 3. The molecule has 31 heavy (non-hydrogen) atoms. The standard InChI is InChI=1S/C28H25N3/c1-28(2,3)22-18-16-21(17-19-22)26-29-30-27(31(26)23-12-5-4-6-13-23)25-15-9-11-20-10-7-8-14-24(20)25/h4-19H,1-3H3. The van der Waals surface area contributed by atoms with Gasteiger partial charge in [0, 0.05) is 16.8 Å². The minimum atomic E-state index is 0.111. The van der Waals surface area contributed by atoms with Crippen molar-refractivity contribution in [1.29, 1.82) is 0 Å². The molecule has 4 aromatic carbocycles. The maximum Gasteiger partial charge on any atom is 0.169 e. The predicted molar refractivity (Wildman–Crippen MR) is 128 cm³/mol. The third-order valence-electron chi connectivity index (χ3n) is 5.72. The number of nitrogens with zero attached hydrogens (tertiary/aromatic N) is 3. The molecule has 0 radical (unpaired) electrons. The molecule has 0 spiro atoms. The fourth-order valence-electron chi connectivity index (χ4n) is 4.01. The maximum atomic E-state index is 4.67. The molecular formula is C28H25N3. The number of benzene rings is 4. The van der Waals surface area contributed by atoms with E-state index < -0.39 is 0 Å². The first-order valence-electron chi connectivity index (χ1n) is 10.6. The third-order valence-corrected chi connectivity index (χ3v) is 5.72. The summed E-state index contributed by atoms with van der Waals surface area (Å²) in [4.78, 5) is 0. The normalized spacial score (nSPS) is 11.7. The smallest absolute Gasteiger partial charge is 0.169 e. The lowest BCUT2D eigenvalue weighted by Crippen LogP contribution is -2.10. The Bertz CT molecular complexity index is 1340. The SMILES string of the molecule is CC(C)(C)c1ccc(-c2nnc(-c3cccc4ccccc34)n2-c2ccccc2)cc1. The minimum absolute atomic E-state index is 0.111. The predicted octanol–water partition coefficient (Wildman–Crippen LogP) is 7.05. The number of hydrogen-bond acceptors (Lipinski definition) is 2. The molecule has 0 fully saturated rings. The highest BCUT2D eigenvalue weighted by atomic mass is 15.3. The molecule has 0 aliphatic carbocycles. The number of fused-ring (bicyclic) bond motifs is 1. The summed E-state index contributed by atoms with van der Waals surface area (Å²) in [6, 6.07) is 33.8. The first-order chi connectivity index (χ1) is 15.0. The average Bonchev–Trinajstić information content (AvgIpc) is 3.24. The summed E-state index contributed by atoms with van der Waals surface area (Å²) in [5, 5.41) is 11.7. The van der Waals surface area contributed by atoms with E-state index in [0.29, 0.717) is 0 Å². The number of hydrogen-bond donors (Lipinski definition) is 0. The van der Waals surface area contributed by atoms with E-state index in [4.69, 9.17) is 0 Å². The second-order valence-corrected chi connectivity index (χ2v) is 8.87. The van der Waals surface area contributed by atoms with Gasteiger partial charge in [-0.1, -0.05) is 106 Å². The minimum Gasteiger partial charge on any atom is -0.275 e. The van der Waals surface area contributed by atoms with Gasteiger partial charge in [-0.25, -0.2) is 0 Å². The van der Waals surface area contributed by atoms with Crippen LogP contribution in [-0.4, -0.2) is 14.8 Å². The van der Waals surface area contributed by atoms with Crippen molar-refractivity contribution in [2.24, 2.45) is 0 Å². The van der Waals surface area contributed by atoms with Gasteiger partial charge in [0.1, 0.15) is 0 Å². The molecule has 5 aromatic rings. The summed E-state index contributed by atoms with van der Waals surface area (Å²) in [7, 11) is 0. The average molecular weight is 404 g/mol. The van der Waals surface area contributed by atoms with E-state index in [2.05, 4.69) is 127 Å². The fraction of sp³-hybridized carbons (Fsp3) is 0.143. The van der Waals surface area contributed by atoms with Gasteiger partial charge in [-0.05, 0) is 33.9 Å². The maximum absolute atomic E-state index is 4.67. The lowest BCUT2D eigenvalue weighted by molar-refractivity contribution is 0.590. The Kier molecular flexibility index (Phi) is 4.67. The van der Waals surface area contributed by atoms with Crippen LogP contribution in [-0.2, 0) is 5.41 Å². The van der Waals surface area contributed by atoms with Gasteiger partial charge in [0.2, 0.25) is 0 Å². The first-order valence-corrected chi connectivity index (χ1v) is 10.6. The van der Waals surface area contributed by atoms with Crippen molar-refractivity contribution in [3.05, 3.63) is 103 Å². The van der Waals surface area contributed by atoms with Gasteiger partial charge in [-0.3, -0.25) is 4.57 Å². The lowest BCUT2D eigenvalue weighted by atomic mass is 9.86. The molecule has 3 heteroatoms. The molecule has 0 unspecified atom stereocenters. The molecule has 152 valence electrons. The van der Waals surface area contributed by atoms with Crippen LogP contribution in [0, 0.1) is 0 Å².